The summed E-state index contributed by atoms with van der Waals surface area (Å²) in [6.45, 7) is 4.77. The highest BCUT2D eigenvalue weighted by Crippen LogP contribution is 2.68. The Hall–Kier alpha value is -8.98. The molecule has 0 saturated carbocycles. The number of fused-ring (bicyclic) bond motifs is 22. The van der Waals surface area contributed by atoms with Crippen LogP contribution in [-0.2, 0) is 16.2 Å². The second-order valence-corrected chi connectivity index (χ2v) is 21.1. The van der Waals surface area contributed by atoms with Crippen molar-refractivity contribution in [3.05, 3.63) is 310 Å². The highest BCUT2D eigenvalue weighted by molar-refractivity contribution is 6.11. The third-order valence-corrected chi connectivity index (χ3v) is 17.5. The summed E-state index contributed by atoms with van der Waals surface area (Å²) in [6, 6.07) is 96.7. The van der Waals surface area contributed by atoms with Crippen LogP contribution in [0.1, 0.15) is 69.5 Å². The van der Waals surface area contributed by atoms with Gasteiger partial charge in [0.1, 0.15) is 0 Å². The van der Waals surface area contributed by atoms with E-state index in [-0.39, 0.29) is 5.41 Å². The molecule has 0 atom stereocenters. The summed E-state index contributed by atoms with van der Waals surface area (Å²) in [5.41, 5.74) is 26.9. The largest absolute Gasteiger partial charge is 0.310 e. The van der Waals surface area contributed by atoms with E-state index in [4.69, 9.17) is 0 Å². The molecule has 0 amide bonds. The second-order valence-electron chi connectivity index (χ2n) is 21.1. The van der Waals surface area contributed by atoms with Crippen molar-refractivity contribution in [2.24, 2.45) is 0 Å². The highest BCUT2D eigenvalue weighted by Gasteiger charge is 2.59. The fraction of sp³-hybridized carbons (Fsp3) is 0.0704. The molecular formula is C71H48N2. The molecule has 16 rings (SSSR count). The fourth-order valence-corrected chi connectivity index (χ4v) is 14.6. The van der Waals surface area contributed by atoms with Gasteiger partial charge in [0.25, 0.3) is 0 Å². The smallest absolute Gasteiger partial charge is 0.0720 e. The lowest BCUT2D eigenvalue weighted by Gasteiger charge is -2.49. The SMILES string of the molecule is CC1(C)c2ccccc2-c2ccc(N(c3ccc4c(c3)C3(c5ccccc5-4)c4ccccc4C4(c5ccccc5-c5ccccc54)c4ccccc43)c3ccc4c(c3)c3ccccc3n4-c3ccccc3)cc21. The Morgan fingerprint density at radius 2 is 0.644 bits per heavy atom. The van der Waals surface area contributed by atoms with Crippen LogP contribution in [0.15, 0.2) is 255 Å². The van der Waals surface area contributed by atoms with Crippen LogP contribution in [0.4, 0.5) is 17.1 Å². The molecule has 2 spiro atoms. The van der Waals surface area contributed by atoms with Gasteiger partial charge in [0, 0.05) is 38.9 Å². The van der Waals surface area contributed by atoms with Gasteiger partial charge in [-0.3, -0.25) is 0 Å². The van der Waals surface area contributed by atoms with Crippen molar-refractivity contribution in [3.63, 3.8) is 0 Å². The molecule has 0 saturated heterocycles. The van der Waals surface area contributed by atoms with Gasteiger partial charge in [0.05, 0.1) is 21.9 Å². The third kappa shape index (κ3) is 5.08. The van der Waals surface area contributed by atoms with Gasteiger partial charge in [-0.2, -0.15) is 0 Å². The van der Waals surface area contributed by atoms with Crippen LogP contribution in [0.3, 0.4) is 0 Å². The number of hydrogen-bond acceptors (Lipinski definition) is 1. The van der Waals surface area contributed by atoms with Gasteiger partial charge in [0.2, 0.25) is 0 Å². The molecule has 0 N–H and O–H groups in total. The van der Waals surface area contributed by atoms with Crippen LogP contribution in [0.25, 0.3) is 60.9 Å². The summed E-state index contributed by atoms with van der Waals surface area (Å²) < 4.78 is 2.41. The zero-order chi connectivity index (χ0) is 48.2. The minimum absolute atomic E-state index is 0.173. The maximum Gasteiger partial charge on any atom is 0.0720 e. The Morgan fingerprint density at radius 1 is 0.274 bits per heavy atom. The molecule has 1 aromatic heterocycles. The van der Waals surface area contributed by atoms with E-state index in [1.54, 1.807) is 0 Å². The Morgan fingerprint density at radius 3 is 1.21 bits per heavy atom. The summed E-state index contributed by atoms with van der Waals surface area (Å²) in [6.07, 6.45) is 0. The van der Waals surface area contributed by atoms with Crippen molar-refractivity contribution in [3.8, 4) is 39.1 Å². The van der Waals surface area contributed by atoms with Crippen molar-refractivity contribution in [2.75, 3.05) is 4.90 Å². The predicted molar refractivity (Wildman–Crippen MR) is 301 cm³/mol. The molecular weight excluding hydrogens is 881 g/mol. The Labute approximate surface area is 425 Å². The number of nitrogens with zero attached hydrogens (tertiary/aromatic N) is 2. The zero-order valence-electron chi connectivity index (χ0n) is 40.6. The molecule has 12 aromatic rings. The molecule has 0 radical (unpaired) electrons. The number of para-hydroxylation sites is 2. The van der Waals surface area contributed by atoms with Crippen molar-refractivity contribution in [2.45, 2.75) is 30.1 Å². The topological polar surface area (TPSA) is 8.17 Å². The van der Waals surface area contributed by atoms with Gasteiger partial charge in [-0.15, -0.1) is 0 Å². The monoisotopic (exact) mass is 928 g/mol. The van der Waals surface area contributed by atoms with Gasteiger partial charge < -0.3 is 9.47 Å². The average molecular weight is 929 g/mol. The van der Waals surface area contributed by atoms with Crippen molar-refractivity contribution < 1.29 is 0 Å². The Balaban J connectivity index is 0.982. The van der Waals surface area contributed by atoms with Crippen molar-refractivity contribution in [1.29, 1.82) is 0 Å². The van der Waals surface area contributed by atoms with E-state index in [1.807, 2.05) is 0 Å². The highest BCUT2D eigenvalue weighted by atomic mass is 15.1. The van der Waals surface area contributed by atoms with E-state index in [0.717, 1.165) is 22.7 Å². The lowest BCUT2D eigenvalue weighted by atomic mass is 9.52. The predicted octanol–water partition coefficient (Wildman–Crippen LogP) is 17.6. The number of rotatable bonds is 4. The van der Waals surface area contributed by atoms with Crippen molar-refractivity contribution >= 4 is 38.9 Å². The Bertz CT molecular complexity index is 4220. The molecule has 0 bridgehead atoms. The van der Waals surface area contributed by atoms with Crippen LogP contribution in [0, 0.1) is 0 Å². The zero-order valence-corrected chi connectivity index (χ0v) is 40.6. The lowest BCUT2D eigenvalue weighted by molar-refractivity contribution is 0.633. The van der Waals surface area contributed by atoms with Crippen LogP contribution in [0.5, 0.6) is 0 Å². The van der Waals surface area contributed by atoms with E-state index < -0.39 is 10.8 Å². The Kier molecular flexibility index (Phi) is 8.12. The number of anilines is 3. The third-order valence-electron chi connectivity index (χ3n) is 17.5. The number of benzene rings is 11. The summed E-state index contributed by atoms with van der Waals surface area (Å²) in [5, 5.41) is 2.45. The van der Waals surface area contributed by atoms with E-state index >= 15 is 0 Å². The summed E-state index contributed by atoms with van der Waals surface area (Å²) in [5.74, 6) is 0. The first-order valence-corrected chi connectivity index (χ1v) is 25.8. The summed E-state index contributed by atoms with van der Waals surface area (Å²) in [4.78, 5) is 2.54. The van der Waals surface area contributed by atoms with Gasteiger partial charge in [-0.05, 0) is 150 Å². The maximum absolute atomic E-state index is 2.56. The first-order valence-electron chi connectivity index (χ1n) is 25.8. The van der Waals surface area contributed by atoms with Gasteiger partial charge >= 0.3 is 0 Å². The fourth-order valence-electron chi connectivity index (χ4n) is 14.6. The average Bonchev–Trinajstić information content (AvgIpc) is 4.12. The van der Waals surface area contributed by atoms with E-state index in [9.17, 15) is 0 Å². The molecule has 2 nitrogen and oxygen atoms in total. The van der Waals surface area contributed by atoms with Gasteiger partial charge in [-0.1, -0.05) is 208 Å². The quantitative estimate of drug-likeness (QED) is 0.171. The molecule has 2 heteroatoms. The number of hydrogen-bond donors (Lipinski definition) is 0. The second kappa shape index (κ2) is 14.6. The van der Waals surface area contributed by atoms with Crippen LogP contribution >= 0.6 is 0 Å². The van der Waals surface area contributed by atoms with E-state index in [2.05, 4.69) is 278 Å². The molecule has 11 aromatic carbocycles. The minimum atomic E-state index is -0.618. The molecule has 4 aliphatic rings. The molecule has 0 fully saturated rings. The minimum Gasteiger partial charge on any atom is -0.310 e. The molecule has 0 unspecified atom stereocenters. The van der Waals surface area contributed by atoms with Gasteiger partial charge in [0.15, 0.2) is 0 Å². The normalized spacial score (nSPS) is 15.0. The van der Waals surface area contributed by atoms with E-state index in [0.29, 0.717) is 0 Å². The van der Waals surface area contributed by atoms with Crippen LogP contribution in [0.2, 0.25) is 0 Å². The number of aromatic nitrogens is 1. The van der Waals surface area contributed by atoms with Crippen molar-refractivity contribution in [1.82, 2.24) is 4.57 Å². The molecule has 0 aliphatic heterocycles. The van der Waals surface area contributed by atoms with Gasteiger partial charge in [-0.25, -0.2) is 0 Å². The van der Waals surface area contributed by atoms with Crippen LogP contribution in [-0.4, -0.2) is 4.57 Å². The molecule has 4 aliphatic carbocycles. The molecule has 342 valence electrons. The molecule has 73 heavy (non-hydrogen) atoms. The first-order chi connectivity index (χ1) is 36.0. The van der Waals surface area contributed by atoms with E-state index in [1.165, 1.54) is 111 Å². The summed E-state index contributed by atoms with van der Waals surface area (Å²) >= 11 is 0. The lowest BCUT2D eigenvalue weighted by Crippen LogP contribution is -2.43. The summed E-state index contributed by atoms with van der Waals surface area (Å²) in [7, 11) is 0. The standard InChI is InChI=1S/C71H48N2/c1-69(2)57-27-11-6-22-49(57)53-39-36-47(43-65(53)69)72(46-38-41-68-56(42-46)55-26-10-19-35-67(55)73(68)45-20-4-3-5-21-45)48-37-40-54-52-25-9-14-30-60(52)71(66(54)44-48)63-33-17-15-31-61(63)70(62-32-16-18-34-64(62)71)58-28-12-7-23-50(58)51-24-8-13-29-59(51)70/h3-44H,1-2H3. The maximum atomic E-state index is 2.56. The molecule has 1 heterocycles. The van der Waals surface area contributed by atoms with Crippen LogP contribution < -0.4 is 4.90 Å². The first kappa shape index (κ1) is 40.7.